The van der Waals surface area contributed by atoms with Gasteiger partial charge in [0.05, 0.1) is 0 Å². The van der Waals surface area contributed by atoms with Gasteiger partial charge in [-0.1, -0.05) is 0 Å². The number of rotatable bonds is 1. The molecule has 28 valence electrons. The molecule has 3 heteroatoms. The first-order valence-corrected chi connectivity index (χ1v) is 1.33. The zero-order valence-corrected chi connectivity index (χ0v) is 2.76. The van der Waals surface area contributed by atoms with Gasteiger partial charge in [-0.05, 0) is 13.2 Å². The lowest BCUT2D eigenvalue weighted by atomic mass is 9.88. The van der Waals surface area contributed by atoms with Gasteiger partial charge in [0, 0.05) is 0 Å². The van der Waals surface area contributed by atoms with E-state index >= 15 is 0 Å². The Morgan fingerprint density at radius 1 is 1.60 bits per heavy atom. The van der Waals surface area contributed by atoms with Crippen molar-refractivity contribution in [3.8, 4) is 0 Å². The highest BCUT2D eigenvalue weighted by molar-refractivity contribution is 6.41. The van der Waals surface area contributed by atoms with Crippen LogP contribution in [0.15, 0.2) is 0 Å². The maximum atomic E-state index is 7.79. The molecule has 0 amide bonds. The third-order valence-corrected chi connectivity index (χ3v) is 0.211. The molecule has 0 aliphatic carbocycles. The molecule has 0 aromatic rings. The molecule has 0 atom stereocenters. The van der Waals surface area contributed by atoms with Crippen LogP contribution in [0.5, 0.6) is 0 Å². The lowest BCUT2D eigenvalue weighted by molar-refractivity contribution is 0.411. The molecule has 0 bridgehead atoms. The van der Waals surface area contributed by atoms with Crippen molar-refractivity contribution >= 4 is 7.12 Å². The van der Waals surface area contributed by atoms with Crippen LogP contribution in [0.3, 0.4) is 0 Å². The summed E-state index contributed by atoms with van der Waals surface area (Å²) in [7, 11) is -1.34. The second kappa shape index (κ2) is 2.24. The summed E-state index contributed by atoms with van der Waals surface area (Å²) in [5, 5.41) is 15.6. The molecule has 2 nitrogen and oxygen atoms in total. The molecule has 0 aliphatic rings. The van der Waals surface area contributed by atoms with Crippen LogP contribution in [0.4, 0.5) is 0 Å². The molecular formula is C2H5BO2. The zero-order chi connectivity index (χ0) is 4.28. The van der Waals surface area contributed by atoms with E-state index in [9.17, 15) is 0 Å². The average molecular weight is 71.9 g/mol. The Hall–Kier alpha value is -0.0151. The molecule has 0 rings (SSSR count). The van der Waals surface area contributed by atoms with Crippen LogP contribution < -0.4 is 0 Å². The lowest BCUT2D eigenvalue weighted by Gasteiger charge is -1.81. The van der Waals surface area contributed by atoms with Crippen molar-refractivity contribution in [1.82, 2.24) is 0 Å². The van der Waals surface area contributed by atoms with Crippen molar-refractivity contribution in [2.45, 2.75) is 6.32 Å². The predicted octanol–water partition coefficient (Wildman–Crippen LogP) is -0.830. The number of hydrogen-bond acceptors (Lipinski definition) is 2. The van der Waals surface area contributed by atoms with E-state index in [2.05, 4.69) is 6.92 Å². The second-order valence-corrected chi connectivity index (χ2v) is 0.716. The van der Waals surface area contributed by atoms with Crippen LogP contribution in [-0.4, -0.2) is 17.2 Å². The fourth-order valence-corrected chi connectivity index (χ4v) is 0. The molecule has 0 fully saturated rings. The minimum atomic E-state index is -1.34. The largest absolute Gasteiger partial charge is 0.451 e. The van der Waals surface area contributed by atoms with Crippen LogP contribution in [0.25, 0.3) is 0 Å². The minimum absolute atomic E-state index is 0.0833. The molecule has 2 N–H and O–H groups in total. The van der Waals surface area contributed by atoms with E-state index in [0.29, 0.717) is 0 Å². The van der Waals surface area contributed by atoms with Gasteiger partial charge in [-0.25, -0.2) is 0 Å². The summed E-state index contributed by atoms with van der Waals surface area (Å²) in [5.74, 6) is 0. The summed E-state index contributed by atoms with van der Waals surface area (Å²) in [6.07, 6.45) is -0.0833. The van der Waals surface area contributed by atoms with Crippen LogP contribution >= 0.6 is 0 Å². The van der Waals surface area contributed by atoms with E-state index in [1.54, 1.807) is 0 Å². The third kappa shape index (κ3) is 3.98. The molecule has 0 saturated heterocycles. The summed E-state index contributed by atoms with van der Waals surface area (Å²) in [4.78, 5) is 0. The van der Waals surface area contributed by atoms with Gasteiger partial charge in [0.25, 0.3) is 0 Å². The van der Waals surface area contributed by atoms with Crippen molar-refractivity contribution in [2.75, 3.05) is 0 Å². The van der Waals surface area contributed by atoms with E-state index in [4.69, 9.17) is 10.0 Å². The Morgan fingerprint density at radius 2 is 1.80 bits per heavy atom. The molecule has 0 aromatic heterocycles. The first-order valence-electron chi connectivity index (χ1n) is 1.33. The van der Waals surface area contributed by atoms with Crippen molar-refractivity contribution in [3.05, 3.63) is 6.92 Å². The van der Waals surface area contributed by atoms with Gasteiger partial charge in [-0.15, -0.1) is 0 Å². The van der Waals surface area contributed by atoms with Crippen LogP contribution in [0.1, 0.15) is 0 Å². The molecule has 0 aliphatic heterocycles. The highest BCUT2D eigenvalue weighted by Crippen LogP contribution is 1.73. The van der Waals surface area contributed by atoms with Crippen LogP contribution in [0.2, 0.25) is 6.32 Å². The molecule has 0 saturated carbocycles. The standard InChI is InChI=1S/C2H5BO2/c1-2-3(4)5/h1,4-5H,2H2. The monoisotopic (exact) mass is 72.0 g/mol. The quantitative estimate of drug-likeness (QED) is 0.397. The Kier molecular flexibility index (Phi) is 2.23. The van der Waals surface area contributed by atoms with Gasteiger partial charge in [0.15, 0.2) is 0 Å². The first-order chi connectivity index (χ1) is 2.27. The molecule has 5 heavy (non-hydrogen) atoms. The highest BCUT2D eigenvalue weighted by Gasteiger charge is 1.97. The second-order valence-electron chi connectivity index (χ2n) is 0.716. The minimum Gasteiger partial charge on any atom is -0.427 e. The smallest absolute Gasteiger partial charge is 0.427 e. The average Bonchev–Trinajstić information content (AvgIpc) is 1.38. The Labute approximate surface area is 31.6 Å². The Bertz CT molecular complexity index is 21.6. The Balaban J connectivity index is 2.54. The zero-order valence-electron chi connectivity index (χ0n) is 2.76. The maximum Gasteiger partial charge on any atom is 0.451 e. The van der Waals surface area contributed by atoms with E-state index in [0.717, 1.165) is 0 Å². The van der Waals surface area contributed by atoms with Gasteiger partial charge < -0.3 is 10.0 Å². The van der Waals surface area contributed by atoms with Gasteiger partial charge in [-0.3, -0.25) is 0 Å². The lowest BCUT2D eigenvalue weighted by Crippen LogP contribution is -2.06. The molecule has 0 unspecified atom stereocenters. The Morgan fingerprint density at radius 3 is 1.80 bits per heavy atom. The molecule has 0 spiro atoms. The highest BCUT2D eigenvalue weighted by atomic mass is 16.4. The fraction of sp³-hybridized carbons (Fsp3) is 0.500. The normalized spacial score (nSPS) is 7.80. The van der Waals surface area contributed by atoms with Crippen LogP contribution in [0, 0.1) is 6.92 Å². The topological polar surface area (TPSA) is 40.5 Å². The summed E-state index contributed by atoms with van der Waals surface area (Å²) < 4.78 is 0. The van der Waals surface area contributed by atoms with Crippen molar-refractivity contribution < 1.29 is 10.0 Å². The molecule has 0 aromatic carbocycles. The van der Waals surface area contributed by atoms with Gasteiger partial charge in [0.1, 0.15) is 0 Å². The van der Waals surface area contributed by atoms with E-state index in [-0.39, 0.29) is 6.32 Å². The van der Waals surface area contributed by atoms with E-state index < -0.39 is 7.12 Å². The molecular weight excluding hydrogens is 66.8 g/mol. The van der Waals surface area contributed by atoms with E-state index in [1.165, 1.54) is 0 Å². The van der Waals surface area contributed by atoms with Crippen molar-refractivity contribution in [1.29, 1.82) is 0 Å². The summed E-state index contributed by atoms with van der Waals surface area (Å²) in [6, 6.07) is 0. The van der Waals surface area contributed by atoms with Crippen molar-refractivity contribution in [2.24, 2.45) is 0 Å². The molecule has 0 heterocycles. The van der Waals surface area contributed by atoms with Crippen molar-refractivity contribution in [3.63, 3.8) is 0 Å². The number of hydrogen-bond donors (Lipinski definition) is 2. The first kappa shape index (κ1) is 4.98. The maximum absolute atomic E-state index is 7.79. The third-order valence-electron chi connectivity index (χ3n) is 0.211. The van der Waals surface area contributed by atoms with Gasteiger partial charge in [-0.2, -0.15) is 0 Å². The van der Waals surface area contributed by atoms with Gasteiger partial charge >= 0.3 is 7.12 Å². The molecule has 2 radical (unpaired) electrons. The summed E-state index contributed by atoms with van der Waals surface area (Å²) >= 11 is 0. The fourth-order valence-electron chi connectivity index (χ4n) is 0. The van der Waals surface area contributed by atoms with Crippen LogP contribution in [-0.2, 0) is 0 Å². The van der Waals surface area contributed by atoms with E-state index in [1.807, 2.05) is 0 Å². The predicted molar refractivity (Wildman–Crippen MR) is 19.3 cm³/mol. The summed E-state index contributed by atoms with van der Waals surface area (Å²) in [6.45, 7) is 4.67. The van der Waals surface area contributed by atoms with Gasteiger partial charge in [0.2, 0.25) is 0 Å². The SMILES string of the molecule is [CH]CB(O)O. The summed E-state index contributed by atoms with van der Waals surface area (Å²) in [5.41, 5.74) is 0.